The van der Waals surface area contributed by atoms with E-state index in [0.29, 0.717) is 18.6 Å². The van der Waals surface area contributed by atoms with E-state index in [1.165, 1.54) is 0 Å². The zero-order chi connectivity index (χ0) is 21.5. The van der Waals surface area contributed by atoms with Gasteiger partial charge in [0.25, 0.3) is 5.91 Å². The summed E-state index contributed by atoms with van der Waals surface area (Å²) in [5, 5.41) is 7.50. The average molecular weight is 418 g/mol. The molecule has 10 heteroatoms. The second kappa shape index (κ2) is 7.69. The Bertz CT molecular complexity index is 1090. The van der Waals surface area contributed by atoms with E-state index < -0.39 is 18.1 Å². The molecule has 1 amide bonds. The Morgan fingerprint density at radius 3 is 2.80 bits per heavy atom. The van der Waals surface area contributed by atoms with Crippen LogP contribution in [0.3, 0.4) is 0 Å². The van der Waals surface area contributed by atoms with Crippen molar-refractivity contribution in [3.63, 3.8) is 0 Å². The number of nitrogens with one attached hydrogen (secondary N) is 1. The number of nitrogens with zero attached hydrogens (tertiary/aromatic N) is 4. The van der Waals surface area contributed by atoms with E-state index in [-0.39, 0.29) is 18.8 Å². The zero-order valence-electron chi connectivity index (χ0n) is 16.3. The molecule has 1 atom stereocenters. The predicted molar refractivity (Wildman–Crippen MR) is 106 cm³/mol. The minimum absolute atomic E-state index is 0.114. The summed E-state index contributed by atoms with van der Waals surface area (Å²) in [4.78, 5) is 17.9. The van der Waals surface area contributed by atoms with Gasteiger partial charge < -0.3 is 11.1 Å². The summed E-state index contributed by atoms with van der Waals surface area (Å²) in [5.41, 5.74) is 8.54. The van der Waals surface area contributed by atoms with Crippen LogP contribution in [0.25, 0.3) is 22.0 Å². The second-order valence-corrected chi connectivity index (χ2v) is 7.46. The van der Waals surface area contributed by atoms with Gasteiger partial charge in [-0.3, -0.25) is 14.4 Å². The topological polar surface area (TPSA) is 89.1 Å². The molecule has 1 aliphatic heterocycles. The largest absolute Gasteiger partial charge is 0.405 e. The summed E-state index contributed by atoms with van der Waals surface area (Å²) in [6.07, 6.45) is -0.768. The molecule has 0 aliphatic carbocycles. The molecule has 0 bridgehead atoms. The number of nitrogens with two attached hydrogens (primary N) is 1. The fourth-order valence-corrected chi connectivity index (χ4v) is 3.73. The molecule has 30 heavy (non-hydrogen) atoms. The van der Waals surface area contributed by atoms with Crippen LogP contribution in [0.2, 0.25) is 0 Å². The number of rotatable bonds is 4. The molecular formula is C20H21F3N6O. The number of alkyl halides is 3. The van der Waals surface area contributed by atoms with Gasteiger partial charge in [-0.05, 0) is 23.3 Å². The number of hydrogen-bond acceptors (Lipinski definition) is 5. The Labute approximate surface area is 170 Å². The highest BCUT2D eigenvalue weighted by atomic mass is 19.4. The number of piperazine rings is 1. The molecule has 4 rings (SSSR count). The quantitative estimate of drug-likeness (QED) is 0.677. The van der Waals surface area contributed by atoms with E-state index in [0.717, 1.165) is 22.1 Å². The maximum atomic E-state index is 13.0. The maximum Gasteiger partial charge on any atom is 0.405 e. The Morgan fingerprint density at radius 1 is 1.33 bits per heavy atom. The van der Waals surface area contributed by atoms with Gasteiger partial charge in [-0.15, -0.1) is 0 Å². The second-order valence-electron chi connectivity index (χ2n) is 7.46. The Kier molecular flexibility index (Phi) is 5.20. The van der Waals surface area contributed by atoms with Crippen molar-refractivity contribution in [2.75, 3.05) is 19.6 Å². The number of carbonyl (C=O) groups is 1. The third kappa shape index (κ3) is 4.14. The number of amides is 1. The van der Waals surface area contributed by atoms with Crippen LogP contribution in [0.4, 0.5) is 13.2 Å². The number of aryl methyl sites for hydroxylation is 1. The number of aromatic nitrogens is 3. The van der Waals surface area contributed by atoms with Crippen LogP contribution in [0.15, 0.2) is 36.7 Å². The molecule has 0 saturated carbocycles. The van der Waals surface area contributed by atoms with Crippen molar-refractivity contribution in [1.82, 2.24) is 25.0 Å². The van der Waals surface area contributed by atoms with E-state index in [1.54, 1.807) is 35.0 Å². The van der Waals surface area contributed by atoms with Crippen LogP contribution in [0.5, 0.6) is 0 Å². The lowest BCUT2D eigenvalue weighted by Crippen LogP contribution is -2.56. The van der Waals surface area contributed by atoms with E-state index in [2.05, 4.69) is 15.4 Å². The summed E-state index contributed by atoms with van der Waals surface area (Å²) in [6, 6.07) is 5.63. The molecule has 2 aromatic heterocycles. The van der Waals surface area contributed by atoms with Gasteiger partial charge in [-0.25, -0.2) is 4.98 Å². The molecule has 158 valence electrons. The monoisotopic (exact) mass is 418 g/mol. The van der Waals surface area contributed by atoms with Gasteiger partial charge in [-0.2, -0.15) is 18.3 Å². The number of carbonyl (C=O) groups excluding carboxylic acids is 1. The van der Waals surface area contributed by atoms with E-state index in [1.807, 2.05) is 18.3 Å². The average Bonchev–Trinajstić information content (AvgIpc) is 3.12. The first-order chi connectivity index (χ1) is 14.2. The van der Waals surface area contributed by atoms with Gasteiger partial charge in [0.1, 0.15) is 11.7 Å². The normalized spacial score (nSPS) is 18.1. The minimum atomic E-state index is -4.28. The maximum absolute atomic E-state index is 13.0. The lowest BCUT2D eigenvalue weighted by Gasteiger charge is -2.34. The van der Waals surface area contributed by atoms with Crippen molar-refractivity contribution in [2.45, 2.75) is 18.8 Å². The number of primary amides is 1. The third-order valence-corrected chi connectivity index (χ3v) is 5.20. The summed E-state index contributed by atoms with van der Waals surface area (Å²) >= 11 is 0. The third-order valence-electron chi connectivity index (χ3n) is 5.20. The number of pyridine rings is 1. The van der Waals surface area contributed by atoms with Gasteiger partial charge >= 0.3 is 6.18 Å². The zero-order valence-corrected chi connectivity index (χ0v) is 16.3. The standard InChI is InChI=1S/C20H21F3N6O/c1-28-10-13(8-26-28)15-7-17(19(24)30)27-16-6-12(2-3-14(15)16)9-29-5-4-25-18(11-29)20(21,22)23/h2-3,6-8,10,18,25H,4-5,9,11H2,1H3,(H2,24,30). The van der Waals surface area contributed by atoms with Crippen molar-refractivity contribution < 1.29 is 18.0 Å². The van der Waals surface area contributed by atoms with Crippen LogP contribution in [0.1, 0.15) is 16.1 Å². The number of hydrogen-bond donors (Lipinski definition) is 2. The van der Waals surface area contributed by atoms with Crippen molar-refractivity contribution in [3.05, 3.63) is 47.9 Å². The first kappa shape index (κ1) is 20.3. The van der Waals surface area contributed by atoms with Gasteiger partial charge in [0.05, 0.1) is 11.7 Å². The molecule has 3 heterocycles. The lowest BCUT2D eigenvalue weighted by molar-refractivity contribution is -0.165. The van der Waals surface area contributed by atoms with Crippen molar-refractivity contribution in [1.29, 1.82) is 0 Å². The highest BCUT2D eigenvalue weighted by Crippen LogP contribution is 2.30. The van der Waals surface area contributed by atoms with Gasteiger partial charge in [0.2, 0.25) is 0 Å². The molecule has 1 saturated heterocycles. The highest BCUT2D eigenvalue weighted by molar-refractivity contribution is 6.00. The van der Waals surface area contributed by atoms with Crippen LogP contribution in [-0.2, 0) is 13.6 Å². The Balaban J connectivity index is 1.67. The highest BCUT2D eigenvalue weighted by Gasteiger charge is 2.41. The van der Waals surface area contributed by atoms with Crippen LogP contribution in [-0.4, -0.2) is 57.4 Å². The summed E-state index contributed by atoms with van der Waals surface area (Å²) in [7, 11) is 1.79. The number of halogens is 3. The molecule has 7 nitrogen and oxygen atoms in total. The molecular weight excluding hydrogens is 397 g/mol. The molecule has 0 radical (unpaired) electrons. The fraction of sp³-hybridized carbons (Fsp3) is 0.350. The summed E-state index contributed by atoms with van der Waals surface area (Å²) < 4.78 is 40.8. The summed E-state index contributed by atoms with van der Waals surface area (Å²) in [5.74, 6) is -0.650. The molecule has 0 spiro atoms. The summed E-state index contributed by atoms with van der Waals surface area (Å²) in [6.45, 7) is 1.03. The van der Waals surface area contributed by atoms with Crippen LogP contribution < -0.4 is 11.1 Å². The van der Waals surface area contributed by atoms with Crippen molar-refractivity contribution in [3.8, 4) is 11.1 Å². The first-order valence-corrected chi connectivity index (χ1v) is 9.45. The van der Waals surface area contributed by atoms with E-state index >= 15 is 0 Å². The number of benzene rings is 1. The van der Waals surface area contributed by atoms with Gasteiger partial charge in [-0.1, -0.05) is 12.1 Å². The van der Waals surface area contributed by atoms with Crippen molar-refractivity contribution >= 4 is 16.8 Å². The number of fused-ring (bicyclic) bond motifs is 1. The molecule has 3 aromatic rings. The molecule has 1 aromatic carbocycles. The van der Waals surface area contributed by atoms with Crippen LogP contribution in [0, 0.1) is 0 Å². The smallest absolute Gasteiger partial charge is 0.364 e. The molecule has 3 N–H and O–H groups in total. The predicted octanol–water partition coefficient (Wildman–Crippen LogP) is 2.07. The van der Waals surface area contributed by atoms with Gasteiger partial charge in [0, 0.05) is 50.4 Å². The lowest BCUT2D eigenvalue weighted by atomic mass is 10.0. The molecule has 1 aliphatic rings. The SMILES string of the molecule is Cn1cc(-c2cc(C(N)=O)nc3cc(CN4CCNC(C(F)(F)F)C4)ccc23)cn1. The molecule has 1 fully saturated rings. The Hall–Kier alpha value is -2.98. The fourth-order valence-electron chi connectivity index (χ4n) is 3.73. The minimum Gasteiger partial charge on any atom is -0.364 e. The van der Waals surface area contributed by atoms with E-state index in [9.17, 15) is 18.0 Å². The van der Waals surface area contributed by atoms with Crippen molar-refractivity contribution in [2.24, 2.45) is 12.8 Å². The Morgan fingerprint density at radius 2 is 2.13 bits per heavy atom. The first-order valence-electron chi connectivity index (χ1n) is 9.45. The molecule has 1 unspecified atom stereocenters. The van der Waals surface area contributed by atoms with E-state index in [4.69, 9.17) is 5.73 Å². The van der Waals surface area contributed by atoms with Crippen LogP contribution >= 0.6 is 0 Å². The van der Waals surface area contributed by atoms with Gasteiger partial charge in [0.15, 0.2) is 0 Å².